The van der Waals surface area contributed by atoms with Crippen molar-refractivity contribution in [2.45, 2.75) is 18.9 Å². The lowest BCUT2D eigenvalue weighted by molar-refractivity contribution is 0.343. The summed E-state index contributed by atoms with van der Waals surface area (Å²) in [7, 11) is 0. The normalized spacial score (nSPS) is 16.2. The van der Waals surface area contributed by atoms with Crippen LogP contribution in [0.25, 0.3) is 5.65 Å². The Morgan fingerprint density at radius 3 is 2.95 bits per heavy atom. The molecular weight excluding hydrogens is 346 g/mol. The second-order valence-corrected chi connectivity index (χ2v) is 6.18. The van der Waals surface area contributed by atoms with Gasteiger partial charge in [-0.2, -0.15) is 5.10 Å². The largest absolute Gasteiger partial charge is 0.335 e. The van der Waals surface area contributed by atoms with Crippen molar-refractivity contribution in [2.75, 3.05) is 18.4 Å². The molecule has 4 heterocycles. The van der Waals surface area contributed by atoms with Crippen molar-refractivity contribution in [3.63, 3.8) is 0 Å². The zero-order chi connectivity index (χ0) is 14.9. The zero-order valence-corrected chi connectivity index (χ0v) is 13.5. The topological polar surface area (TPSA) is 72.1 Å². The summed E-state index contributed by atoms with van der Waals surface area (Å²) in [6.07, 6.45) is 11.5. The van der Waals surface area contributed by atoms with Gasteiger partial charge >= 0.3 is 0 Å². The van der Waals surface area contributed by atoms with Gasteiger partial charge in [0.15, 0.2) is 11.5 Å². The smallest absolute Gasteiger partial charge is 0.181 e. The Labute approximate surface area is 135 Å². The quantitative estimate of drug-likeness (QED) is 0.749. The number of hydrogen-bond donors (Lipinski definition) is 2. The summed E-state index contributed by atoms with van der Waals surface area (Å²) in [5.74, 6) is 0.720. The molecule has 1 aliphatic heterocycles. The van der Waals surface area contributed by atoms with Crippen molar-refractivity contribution in [1.29, 1.82) is 0 Å². The van der Waals surface area contributed by atoms with Crippen molar-refractivity contribution in [3.05, 3.63) is 35.6 Å². The first-order valence-corrected chi connectivity index (χ1v) is 8.10. The number of hydrogen-bond acceptors (Lipinski definition) is 5. The second-order valence-electron chi connectivity index (χ2n) is 5.37. The lowest BCUT2D eigenvalue weighted by Gasteiger charge is -2.22. The highest BCUT2D eigenvalue weighted by Gasteiger charge is 2.16. The first-order chi connectivity index (χ1) is 10.8. The lowest BCUT2D eigenvalue weighted by atomic mass is 10.1. The van der Waals surface area contributed by atoms with E-state index in [4.69, 9.17) is 0 Å². The maximum Gasteiger partial charge on any atom is 0.181 e. The molecule has 1 fully saturated rings. The van der Waals surface area contributed by atoms with Crippen LogP contribution in [0, 0.1) is 0 Å². The molecule has 3 aromatic heterocycles. The summed E-state index contributed by atoms with van der Waals surface area (Å²) in [5, 5.41) is 11.2. The van der Waals surface area contributed by atoms with Gasteiger partial charge in [0.05, 0.1) is 24.1 Å². The summed E-state index contributed by atoms with van der Waals surface area (Å²) in [6, 6.07) is 0.473. The van der Waals surface area contributed by atoms with Crippen LogP contribution in [0.2, 0.25) is 0 Å². The maximum absolute atomic E-state index is 4.48. The number of anilines is 2. The van der Waals surface area contributed by atoms with Gasteiger partial charge in [-0.05, 0) is 41.9 Å². The van der Waals surface area contributed by atoms with Crippen LogP contribution in [0.4, 0.5) is 11.5 Å². The van der Waals surface area contributed by atoms with E-state index in [9.17, 15) is 0 Å². The highest BCUT2D eigenvalue weighted by Crippen LogP contribution is 2.24. The number of nitrogens with one attached hydrogen (secondary N) is 2. The van der Waals surface area contributed by atoms with E-state index < -0.39 is 0 Å². The van der Waals surface area contributed by atoms with E-state index in [0.29, 0.717) is 6.04 Å². The third kappa shape index (κ3) is 2.48. The van der Waals surface area contributed by atoms with Crippen molar-refractivity contribution in [2.24, 2.45) is 0 Å². The molecule has 22 heavy (non-hydrogen) atoms. The minimum absolute atomic E-state index is 0.473. The molecule has 0 atom stereocenters. The van der Waals surface area contributed by atoms with E-state index in [-0.39, 0.29) is 0 Å². The van der Waals surface area contributed by atoms with Gasteiger partial charge in [-0.3, -0.25) is 9.08 Å². The Kier molecular flexibility index (Phi) is 3.55. The van der Waals surface area contributed by atoms with Crippen LogP contribution < -0.4 is 10.6 Å². The SMILES string of the molecule is Brc1cnc(Nc2cnn(C3CCNCC3)c2)c2nccn12. The number of piperidine rings is 1. The average Bonchev–Trinajstić information content (AvgIpc) is 3.21. The number of imidazole rings is 1. The molecule has 0 unspecified atom stereocenters. The van der Waals surface area contributed by atoms with Gasteiger partial charge in [0.2, 0.25) is 0 Å². The van der Waals surface area contributed by atoms with Gasteiger partial charge < -0.3 is 10.6 Å². The van der Waals surface area contributed by atoms with Gasteiger partial charge in [0.1, 0.15) is 4.60 Å². The van der Waals surface area contributed by atoms with Gasteiger partial charge in [0, 0.05) is 18.6 Å². The Morgan fingerprint density at radius 2 is 2.09 bits per heavy atom. The first kappa shape index (κ1) is 13.7. The number of fused-ring (bicyclic) bond motifs is 1. The molecule has 114 valence electrons. The summed E-state index contributed by atoms with van der Waals surface area (Å²) < 4.78 is 4.85. The van der Waals surface area contributed by atoms with Crippen molar-refractivity contribution in [3.8, 4) is 0 Å². The van der Waals surface area contributed by atoms with Gasteiger partial charge in [-0.25, -0.2) is 9.97 Å². The average molecular weight is 362 g/mol. The molecule has 0 bridgehead atoms. The van der Waals surface area contributed by atoms with Crippen LogP contribution in [0.15, 0.2) is 35.6 Å². The molecule has 0 radical (unpaired) electrons. The highest BCUT2D eigenvalue weighted by atomic mass is 79.9. The summed E-state index contributed by atoms with van der Waals surface area (Å²) in [4.78, 5) is 8.75. The second kappa shape index (κ2) is 5.69. The van der Waals surface area contributed by atoms with Gasteiger partial charge in [-0.15, -0.1) is 0 Å². The highest BCUT2D eigenvalue weighted by molar-refractivity contribution is 9.10. The molecule has 4 rings (SSSR count). The number of nitrogens with zero attached hydrogens (tertiary/aromatic N) is 5. The summed E-state index contributed by atoms with van der Waals surface area (Å²) in [5.41, 5.74) is 1.71. The monoisotopic (exact) mass is 361 g/mol. The van der Waals surface area contributed by atoms with E-state index in [1.54, 1.807) is 12.4 Å². The third-order valence-corrected chi connectivity index (χ3v) is 4.52. The van der Waals surface area contributed by atoms with E-state index >= 15 is 0 Å². The van der Waals surface area contributed by atoms with Crippen LogP contribution >= 0.6 is 15.9 Å². The zero-order valence-electron chi connectivity index (χ0n) is 11.9. The molecule has 0 amide bonds. The summed E-state index contributed by atoms with van der Waals surface area (Å²) >= 11 is 3.46. The fraction of sp³-hybridized carbons (Fsp3) is 0.357. The molecule has 2 N–H and O–H groups in total. The summed E-state index contributed by atoms with van der Waals surface area (Å²) in [6.45, 7) is 2.10. The predicted molar refractivity (Wildman–Crippen MR) is 87.3 cm³/mol. The molecule has 1 aliphatic rings. The Hall–Kier alpha value is -1.93. The van der Waals surface area contributed by atoms with Crippen molar-refractivity contribution in [1.82, 2.24) is 29.5 Å². The van der Waals surface area contributed by atoms with Crippen LogP contribution in [-0.4, -0.2) is 37.2 Å². The molecule has 0 saturated carbocycles. The number of halogens is 1. The Morgan fingerprint density at radius 1 is 1.23 bits per heavy atom. The van der Waals surface area contributed by atoms with E-state index in [1.807, 2.05) is 27.7 Å². The van der Waals surface area contributed by atoms with Gasteiger partial charge in [-0.1, -0.05) is 0 Å². The molecule has 8 heteroatoms. The molecular formula is C14H16BrN7. The van der Waals surface area contributed by atoms with Crippen LogP contribution in [-0.2, 0) is 0 Å². The standard InChI is InChI=1S/C14H16BrN7/c15-12-8-18-13(14-17-5-6-21(12)14)20-10-7-19-22(9-10)11-1-3-16-4-2-11/h5-9,11,16H,1-4H2,(H,18,20). The van der Waals surface area contributed by atoms with E-state index in [2.05, 4.69) is 41.6 Å². The lowest BCUT2D eigenvalue weighted by Crippen LogP contribution is -2.29. The molecule has 0 spiro atoms. The Bertz CT molecular complexity index is 787. The molecule has 0 aromatic carbocycles. The minimum atomic E-state index is 0.473. The number of rotatable bonds is 3. The maximum atomic E-state index is 4.48. The predicted octanol–water partition coefficient (Wildman–Crippen LogP) is 2.36. The van der Waals surface area contributed by atoms with Crippen LogP contribution in [0.1, 0.15) is 18.9 Å². The Balaban J connectivity index is 1.59. The van der Waals surface area contributed by atoms with Crippen molar-refractivity contribution >= 4 is 33.1 Å². The molecule has 3 aromatic rings. The van der Waals surface area contributed by atoms with E-state index in [1.165, 1.54) is 0 Å². The van der Waals surface area contributed by atoms with Crippen LogP contribution in [0.5, 0.6) is 0 Å². The number of aromatic nitrogens is 5. The molecule has 0 aliphatic carbocycles. The fourth-order valence-corrected chi connectivity index (χ4v) is 3.18. The first-order valence-electron chi connectivity index (χ1n) is 7.31. The minimum Gasteiger partial charge on any atom is -0.335 e. The molecule has 1 saturated heterocycles. The molecule has 7 nitrogen and oxygen atoms in total. The van der Waals surface area contributed by atoms with Crippen molar-refractivity contribution < 1.29 is 0 Å². The van der Waals surface area contributed by atoms with Gasteiger partial charge in [0.25, 0.3) is 0 Å². The van der Waals surface area contributed by atoms with Crippen LogP contribution in [0.3, 0.4) is 0 Å². The third-order valence-electron chi connectivity index (χ3n) is 3.93. The van der Waals surface area contributed by atoms with E-state index in [0.717, 1.165) is 47.7 Å². The fourth-order valence-electron chi connectivity index (χ4n) is 2.79.